The summed E-state index contributed by atoms with van der Waals surface area (Å²) < 4.78 is 40.0. The van der Waals surface area contributed by atoms with Crippen LogP contribution < -0.4 is 10.5 Å². The Hall–Kier alpha value is -2.07. The number of nitrogens with zero attached hydrogens (tertiary/aromatic N) is 1. The van der Waals surface area contributed by atoms with Gasteiger partial charge >= 0.3 is 0 Å². The van der Waals surface area contributed by atoms with Crippen LogP contribution in [0.15, 0.2) is 23.1 Å². The minimum absolute atomic E-state index is 0.0226. The molecule has 0 radical (unpaired) electrons. The zero-order valence-electron chi connectivity index (χ0n) is 10.7. The van der Waals surface area contributed by atoms with Crippen molar-refractivity contribution in [2.24, 2.45) is 0 Å². The average molecular weight is 295 g/mol. The van der Waals surface area contributed by atoms with Crippen LogP contribution in [0.25, 0.3) is 0 Å². The molecule has 1 aromatic rings. The summed E-state index contributed by atoms with van der Waals surface area (Å²) in [6.07, 6.45) is 4.66. The van der Waals surface area contributed by atoms with Crippen molar-refractivity contribution in [2.45, 2.75) is 25.7 Å². The van der Waals surface area contributed by atoms with Crippen LogP contribution in [0, 0.1) is 17.1 Å². The Kier molecular flexibility index (Phi) is 3.95. The zero-order valence-corrected chi connectivity index (χ0v) is 11.5. The van der Waals surface area contributed by atoms with E-state index in [4.69, 9.17) is 11.0 Å². The van der Waals surface area contributed by atoms with Crippen molar-refractivity contribution in [3.8, 4) is 6.07 Å². The quantitative estimate of drug-likeness (QED) is 0.837. The maximum atomic E-state index is 13.3. The minimum Gasteiger partial charge on any atom is -0.396 e. The molecule has 5 nitrogen and oxygen atoms in total. The molecule has 0 aromatic heterocycles. The van der Waals surface area contributed by atoms with Crippen molar-refractivity contribution in [3.63, 3.8) is 0 Å². The fraction of sp³-hybridized carbons (Fsp3) is 0.308. The largest absolute Gasteiger partial charge is 0.396 e. The van der Waals surface area contributed by atoms with Gasteiger partial charge in [0.25, 0.3) is 10.0 Å². The predicted molar refractivity (Wildman–Crippen MR) is 74.6 cm³/mol. The summed E-state index contributed by atoms with van der Waals surface area (Å²) in [6, 6.07) is 3.85. The fourth-order valence-electron chi connectivity index (χ4n) is 2.06. The maximum Gasteiger partial charge on any atom is 0.257 e. The first-order chi connectivity index (χ1) is 9.45. The first kappa shape index (κ1) is 14.3. The van der Waals surface area contributed by atoms with Crippen LogP contribution in [-0.2, 0) is 10.0 Å². The monoisotopic (exact) mass is 295 g/mol. The van der Waals surface area contributed by atoms with Crippen LogP contribution in [0.4, 0.5) is 15.8 Å². The third-order valence-electron chi connectivity index (χ3n) is 3.15. The number of nitrogens with one attached hydrogen (secondary N) is 1. The Labute approximate surface area is 116 Å². The number of nitrogen functional groups attached to an aromatic ring is 1. The number of anilines is 2. The smallest absolute Gasteiger partial charge is 0.257 e. The highest BCUT2D eigenvalue weighted by Gasteiger charge is 2.21. The van der Waals surface area contributed by atoms with Crippen LogP contribution in [0.1, 0.15) is 31.2 Å². The van der Waals surface area contributed by atoms with E-state index in [2.05, 4.69) is 4.72 Å². The number of benzene rings is 1. The molecule has 7 heteroatoms. The SMILES string of the molecule is N#Cc1c(F)ccc(NS(=O)(=O)C2=CCCCC2)c1N. The van der Waals surface area contributed by atoms with Crippen molar-refractivity contribution >= 4 is 21.4 Å². The van der Waals surface area contributed by atoms with Gasteiger partial charge in [-0.2, -0.15) is 5.26 Å². The number of allylic oxidation sites excluding steroid dienone is 2. The van der Waals surface area contributed by atoms with E-state index in [1.165, 1.54) is 6.07 Å². The second-order valence-corrected chi connectivity index (χ2v) is 6.25. The van der Waals surface area contributed by atoms with Crippen LogP contribution >= 0.6 is 0 Å². The molecule has 1 aromatic carbocycles. The number of nitriles is 1. The van der Waals surface area contributed by atoms with Crippen molar-refractivity contribution in [2.75, 3.05) is 10.5 Å². The molecule has 106 valence electrons. The summed E-state index contributed by atoms with van der Waals surface area (Å²) in [7, 11) is -3.70. The lowest BCUT2D eigenvalue weighted by molar-refractivity contribution is 0.600. The highest BCUT2D eigenvalue weighted by molar-refractivity contribution is 7.96. The highest BCUT2D eigenvalue weighted by atomic mass is 32.2. The van der Waals surface area contributed by atoms with E-state index in [0.717, 1.165) is 25.3 Å². The summed E-state index contributed by atoms with van der Waals surface area (Å²) in [5, 5.41) is 8.81. The van der Waals surface area contributed by atoms with E-state index in [-0.39, 0.29) is 16.9 Å². The van der Waals surface area contributed by atoms with Gasteiger partial charge in [-0.3, -0.25) is 4.72 Å². The van der Waals surface area contributed by atoms with Gasteiger partial charge in [0.1, 0.15) is 17.4 Å². The van der Waals surface area contributed by atoms with Gasteiger partial charge in [0.2, 0.25) is 0 Å². The summed E-state index contributed by atoms with van der Waals surface area (Å²) in [5.74, 6) is -0.773. The molecule has 0 spiro atoms. The molecule has 0 unspecified atom stereocenters. The number of hydrogen-bond donors (Lipinski definition) is 2. The van der Waals surface area contributed by atoms with Crippen LogP contribution in [-0.4, -0.2) is 8.42 Å². The van der Waals surface area contributed by atoms with Gasteiger partial charge in [-0.05, 0) is 37.8 Å². The van der Waals surface area contributed by atoms with Crippen molar-refractivity contribution in [3.05, 3.63) is 34.5 Å². The van der Waals surface area contributed by atoms with Crippen molar-refractivity contribution < 1.29 is 12.8 Å². The summed E-state index contributed by atoms with van der Waals surface area (Å²) in [5.41, 5.74) is 5.09. The Morgan fingerprint density at radius 3 is 2.70 bits per heavy atom. The molecule has 3 N–H and O–H groups in total. The van der Waals surface area contributed by atoms with Gasteiger partial charge in [-0.25, -0.2) is 12.8 Å². The first-order valence-corrected chi connectivity index (χ1v) is 7.64. The van der Waals surface area contributed by atoms with E-state index in [1.54, 1.807) is 12.1 Å². The molecule has 0 heterocycles. The van der Waals surface area contributed by atoms with Gasteiger partial charge in [0, 0.05) is 0 Å². The fourth-order valence-corrected chi connectivity index (χ4v) is 3.41. The van der Waals surface area contributed by atoms with Crippen LogP contribution in [0.2, 0.25) is 0 Å². The number of nitrogens with two attached hydrogens (primary N) is 1. The summed E-state index contributed by atoms with van der Waals surface area (Å²) in [4.78, 5) is 0.311. The molecule has 1 aliphatic carbocycles. The van der Waals surface area contributed by atoms with E-state index in [0.29, 0.717) is 11.3 Å². The molecule has 2 rings (SSSR count). The topological polar surface area (TPSA) is 96.0 Å². The van der Waals surface area contributed by atoms with Crippen molar-refractivity contribution in [1.29, 1.82) is 5.26 Å². The Morgan fingerprint density at radius 2 is 2.10 bits per heavy atom. The van der Waals surface area contributed by atoms with Gasteiger partial charge in [-0.15, -0.1) is 0 Å². The lowest BCUT2D eigenvalue weighted by Crippen LogP contribution is -2.17. The van der Waals surface area contributed by atoms with E-state index in [9.17, 15) is 12.8 Å². The van der Waals surface area contributed by atoms with E-state index >= 15 is 0 Å². The van der Waals surface area contributed by atoms with E-state index in [1.807, 2.05) is 0 Å². The molecular weight excluding hydrogens is 281 g/mol. The lowest BCUT2D eigenvalue weighted by Gasteiger charge is -2.16. The van der Waals surface area contributed by atoms with Gasteiger partial charge in [0.15, 0.2) is 0 Å². The standard InChI is InChI=1S/C13H14FN3O2S/c14-11-6-7-12(13(16)10(11)8-15)17-20(18,19)9-4-2-1-3-5-9/h4,6-7,17H,1-3,5,16H2. The molecule has 0 amide bonds. The highest BCUT2D eigenvalue weighted by Crippen LogP contribution is 2.29. The molecule has 0 atom stereocenters. The molecular formula is C13H14FN3O2S. The number of rotatable bonds is 3. The Balaban J connectivity index is 2.35. The normalized spacial score (nSPS) is 15.3. The molecule has 1 aliphatic rings. The lowest BCUT2D eigenvalue weighted by atomic mass is 10.1. The molecule has 0 bridgehead atoms. The van der Waals surface area contributed by atoms with Gasteiger partial charge in [0.05, 0.1) is 16.3 Å². The van der Waals surface area contributed by atoms with Crippen LogP contribution in [0.5, 0.6) is 0 Å². The summed E-state index contributed by atoms with van der Waals surface area (Å²) >= 11 is 0. The molecule has 0 aliphatic heterocycles. The third-order valence-corrected chi connectivity index (χ3v) is 4.70. The predicted octanol–water partition coefficient (Wildman–Crippen LogP) is 2.48. The first-order valence-electron chi connectivity index (χ1n) is 6.15. The van der Waals surface area contributed by atoms with E-state index < -0.39 is 15.8 Å². The second-order valence-electron chi connectivity index (χ2n) is 4.52. The number of halogens is 1. The number of hydrogen-bond acceptors (Lipinski definition) is 4. The minimum atomic E-state index is -3.70. The zero-order chi connectivity index (χ0) is 14.8. The summed E-state index contributed by atoms with van der Waals surface area (Å²) in [6.45, 7) is 0. The second kappa shape index (κ2) is 5.51. The van der Waals surface area contributed by atoms with Crippen LogP contribution in [0.3, 0.4) is 0 Å². The molecule has 20 heavy (non-hydrogen) atoms. The average Bonchev–Trinajstić information content (AvgIpc) is 2.44. The Morgan fingerprint density at radius 1 is 1.35 bits per heavy atom. The molecule has 0 saturated carbocycles. The van der Waals surface area contributed by atoms with Crippen molar-refractivity contribution in [1.82, 2.24) is 0 Å². The Bertz CT molecular complexity index is 705. The third kappa shape index (κ3) is 2.75. The molecule has 0 saturated heterocycles. The molecule has 0 fully saturated rings. The maximum absolute atomic E-state index is 13.3. The number of sulfonamides is 1. The van der Waals surface area contributed by atoms with Gasteiger partial charge < -0.3 is 5.73 Å². The van der Waals surface area contributed by atoms with Gasteiger partial charge in [-0.1, -0.05) is 6.08 Å².